The third kappa shape index (κ3) is 8.47. The van der Waals surface area contributed by atoms with Gasteiger partial charge in [0.2, 0.25) is 0 Å². The highest BCUT2D eigenvalue weighted by molar-refractivity contribution is 5.68. The molecular weight excluding hydrogens is 296 g/mol. The van der Waals surface area contributed by atoms with Crippen LogP contribution in [0, 0.1) is 6.92 Å². The van der Waals surface area contributed by atoms with Crippen molar-refractivity contribution in [3.63, 3.8) is 0 Å². The molecule has 0 radical (unpaired) electrons. The number of aliphatic hydroxyl groups is 1. The molecule has 1 atom stereocenters. The first kappa shape index (κ1) is 19.3. The number of amides is 1. The number of aryl methyl sites for hydroxylation is 1. The standard InChI is InChI=1S/C16H28N4O3/c1-12(21)11-20(15(22)23-16(3,4)5)9-8-17-10-14-6-7-18-13(2)19-14/h6-7,12,17,21H,8-11H2,1-5H3. The number of carbonyl (C=O) groups is 1. The third-order valence-corrected chi connectivity index (χ3v) is 2.83. The van der Waals surface area contributed by atoms with E-state index < -0.39 is 17.8 Å². The van der Waals surface area contributed by atoms with E-state index in [9.17, 15) is 9.90 Å². The number of ether oxygens (including phenoxy) is 1. The fraction of sp³-hybridized carbons (Fsp3) is 0.688. The van der Waals surface area contributed by atoms with Gasteiger partial charge in [0.1, 0.15) is 11.4 Å². The topological polar surface area (TPSA) is 87.6 Å². The second-order valence-electron chi connectivity index (χ2n) is 6.55. The van der Waals surface area contributed by atoms with Gasteiger partial charge in [-0.05, 0) is 40.7 Å². The van der Waals surface area contributed by atoms with Crippen LogP contribution in [0.4, 0.5) is 4.79 Å². The average Bonchev–Trinajstić information content (AvgIpc) is 2.40. The van der Waals surface area contributed by atoms with Crippen LogP contribution in [0.25, 0.3) is 0 Å². The molecule has 0 saturated carbocycles. The lowest BCUT2D eigenvalue weighted by molar-refractivity contribution is 0.0164. The Morgan fingerprint density at radius 2 is 2.17 bits per heavy atom. The molecule has 7 heteroatoms. The van der Waals surface area contributed by atoms with Crippen molar-refractivity contribution in [3.05, 3.63) is 23.8 Å². The van der Waals surface area contributed by atoms with E-state index in [-0.39, 0.29) is 6.54 Å². The number of carbonyl (C=O) groups excluding carboxylic acids is 1. The maximum Gasteiger partial charge on any atom is 0.410 e. The first-order chi connectivity index (χ1) is 10.7. The minimum Gasteiger partial charge on any atom is -0.444 e. The number of aromatic nitrogens is 2. The van der Waals surface area contributed by atoms with Crippen molar-refractivity contribution in [2.45, 2.75) is 52.9 Å². The van der Waals surface area contributed by atoms with Crippen molar-refractivity contribution in [3.8, 4) is 0 Å². The van der Waals surface area contributed by atoms with Gasteiger partial charge in [-0.3, -0.25) is 0 Å². The van der Waals surface area contributed by atoms with Crippen LogP contribution in [0.2, 0.25) is 0 Å². The molecule has 0 aliphatic carbocycles. The summed E-state index contributed by atoms with van der Waals surface area (Å²) >= 11 is 0. The van der Waals surface area contributed by atoms with Crippen molar-refractivity contribution in [1.29, 1.82) is 0 Å². The van der Waals surface area contributed by atoms with Crippen LogP contribution < -0.4 is 5.32 Å². The van der Waals surface area contributed by atoms with Crippen LogP contribution >= 0.6 is 0 Å². The number of nitrogens with zero attached hydrogens (tertiary/aromatic N) is 3. The molecule has 0 aromatic carbocycles. The number of aliphatic hydroxyl groups excluding tert-OH is 1. The molecule has 130 valence electrons. The molecule has 1 unspecified atom stereocenters. The van der Waals surface area contributed by atoms with Crippen LogP contribution in [-0.2, 0) is 11.3 Å². The van der Waals surface area contributed by atoms with Crippen molar-refractivity contribution >= 4 is 6.09 Å². The molecule has 1 aromatic rings. The number of nitrogens with one attached hydrogen (secondary N) is 1. The lowest BCUT2D eigenvalue weighted by atomic mass is 10.2. The maximum atomic E-state index is 12.1. The summed E-state index contributed by atoms with van der Waals surface area (Å²) in [5.74, 6) is 0.730. The molecule has 0 fully saturated rings. The molecule has 7 nitrogen and oxygen atoms in total. The van der Waals surface area contributed by atoms with E-state index in [1.165, 1.54) is 4.90 Å². The first-order valence-corrected chi connectivity index (χ1v) is 7.82. The van der Waals surface area contributed by atoms with Gasteiger partial charge in [-0.15, -0.1) is 0 Å². The van der Waals surface area contributed by atoms with Gasteiger partial charge >= 0.3 is 6.09 Å². The predicted molar refractivity (Wildman–Crippen MR) is 88.0 cm³/mol. The van der Waals surface area contributed by atoms with Crippen molar-refractivity contribution in [2.24, 2.45) is 0 Å². The Morgan fingerprint density at radius 1 is 1.48 bits per heavy atom. The Morgan fingerprint density at radius 3 is 2.74 bits per heavy atom. The fourth-order valence-corrected chi connectivity index (χ4v) is 1.94. The summed E-state index contributed by atoms with van der Waals surface area (Å²) in [4.78, 5) is 22.0. The molecule has 1 aromatic heterocycles. The van der Waals surface area contributed by atoms with Crippen LogP contribution in [0.1, 0.15) is 39.2 Å². The Kier molecular flexibility index (Phi) is 7.38. The Hall–Kier alpha value is -1.73. The van der Waals surface area contributed by atoms with Gasteiger partial charge in [0, 0.05) is 32.4 Å². The normalized spacial score (nSPS) is 12.8. The van der Waals surface area contributed by atoms with Gasteiger partial charge in [0.25, 0.3) is 0 Å². The van der Waals surface area contributed by atoms with E-state index >= 15 is 0 Å². The van der Waals surface area contributed by atoms with Gasteiger partial charge in [-0.25, -0.2) is 14.8 Å². The summed E-state index contributed by atoms with van der Waals surface area (Å²) in [6, 6.07) is 1.85. The van der Waals surface area contributed by atoms with Gasteiger partial charge in [-0.2, -0.15) is 0 Å². The highest BCUT2D eigenvalue weighted by atomic mass is 16.6. The summed E-state index contributed by atoms with van der Waals surface area (Å²) in [6.07, 6.45) is 0.699. The van der Waals surface area contributed by atoms with E-state index in [4.69, 9.17) is 4.74 Å². The highest BCUT2D eigenvalue weighted by Crippen LogP contribution is 2.10. The van der Waals surface area contributed by atoms with Gasteiger partial charge in [0.15, 0.2) is 0 Å². The Bertz CT molecular complexity index is 500. The zero-order chi connectivity index (χ0) is 17.5. The third-order valence-electron chi connectivity index (χ3n) is 2.83. The Labute approximate surface area is 138 Å². The van der Waals surface area contributed by atoms with Crippen molar-refractivity contribution < 1.29 is 14.6 Å². The zero-order valence-corrected chi connectivity index (χ0v) is 14.7. The monoisotopic (exact) mass is 324 g/mol. The second-order valence-corrected chi connectivity index (χ2v) is 6.55. The second kappa shape index (κ2) is 8.79. The summed E-state index contributed by atoms with van der Waals surface area (Å²) in [5, 5.41) is 12.8. The van der Waals surface area contributed by atoms with E-state index in [1.54, 1.807) is 13.1 Å². The molecule has 2 N–H and O–H groups in total. The summed E-state index contributed by atoms with van der Waals surface area (Å²) in [5.41, 5.74) is 0.344. The lowest BCUT2D eigenvalue weighted by Crippen LogP contribution is -2.43. The summed E-state index contributed by atoms with van der Waals surface area (Å²) < 4.78 is 5.36. The molecule has 1 rings (SSSR count). The average molecular weight is 324 g/mol. The van der Waals surface area contributed by atoms with Crippen LogP contribution in [-0.4, -0.2) is 57.4 Å². The van der Waals surface area contributed by atoms with Crippen molar-refractivity contribution in [2.75, 3.05) is 19.6 Å². The van der Waals surface area contributed by atoms with E-state index in [0.29, 0.717) is 19.6 Å². The van der Waals surface area contributed by atoms with Gasteiger partial charge in [0.05, 0.1) is 11.8 Å². The molecule has 0 aliphatic heterocycles. The molecule has 0 aliphatic rings. The van der Waals surface area contributed by atoms with E-state index in [1.807, 2.05) is 33.8 Å². The van der Waals surface area contributed by atoms with E-state index in [0.717, 1.165) is 11.5 Å². The number of hydrogen-bond donors (Lipinski definition) is 2. The summed E-state index contributed by atoms with van der Waals surface area (Å²) in [6.45, 7) is 10.8. The SMILES string of the molecule is Cc1nccc(CNCCN(CC(C)O)C(=O)OC(C)(C)C)n1. The maximum absolute atomic E-state index is 12.1. The molecule has 1 heterocycles. The van der Waals surface area contributed by atoms with Crippen LogP contribution in [0.3, 0.4) is 0 Å². The Balaban J connectivity index is 2.46. The molecule has 0 saturated heterocycles. The van der Waals surface area contributed by atoms with E-state index in [2.05, 4.69) is 15.3 Å². The highest BCUT2D eigenvalue weighted by Gasteiger charge is 2.22. The first-order valence-electron chi connectivity index (χ1n) is 7.82. The fourth-order valence-electron chi connectivity index (χ4n) is 1.94. The minimum absolute atomic E-state index is 0.239. The number of hydrogen-bond acceptors (Lipinski definition) is 6. The quantitative estimate of drug-likeness (QED) is 0.739. The molecule has 0 bridgehead atoms. The minimum atomic E-state index is -0.605. The summed E-state index contributed by atoms with van der Waals surface area (Å²) in [7, 11) is 0. The predicted octanol–water partition coefficient (Wildman–Crippen LogP) is 1.49. The lowest BCUT2D eigenvalue weighted by Gasteiger charge is -2.28. The zero-order valence-electron chi connectivity index (χ0n) is 14.7. The van der Waals surface area contributed by atoms with Crippen LogP contribution in [0.15, 0.2) is 12.3 Å². The smallest absolute Gasteiger partial charge is 0.410 e. The molecular formula is C16H28N4O3. The van der Waals surface area contributed by atoms with Crippen molar-refractivity contribution in [1.82, 2.24) is 20.2 Å². The van der Waals surface area contributed by atoms with Crippen LogP contribution in [0.5, 0.6) is 0 Å². The number of rotatable bonds is 7. The van der Waals surface area contributed by atoms with Gasteiger partial charge in [-0.1, -0.05) is 0 Å². The molecule has 23 heavy (non-hydrogen) atoms. The largest absolute Gasteiger partial charge is 0.444 e. The van der Waals surface area contributed by atoms with Gasteiger partial charge < -0.3 is 20.1 Å². The molecule has 1 amide bonds. The molecule has 0 spiro atoms.